The highest BCUT2D eigenvalue weighted by Gasteiger charge is 2.18. The number of aryl methyl sites for hydroxylation is 1. The number of benzene rings is 1. The standard InChI is InChI=1S/C19H30N2O5/c1-18(2,3)25-16(23)20-14-10-13(8-7-9-22)11-15(12-14)21-17(24)26-19(4,5)6/h10-12,22H,7-9H2,1-6H3,(H,20,23)(H,21,24). The van der Waals surface area contributed by atoms with Crippen molar-refractivity contribution in [2.24, 2.45) is 0 Å². The molecule has 0 aliphatic carbocycles. The van der Waals surface area contributed by atoms with Crippen LogP contribution in [0.4, 0.5) is 21.0 Å². The van der Waals surface area contributed by atoms with Crippen molar-refractivity contribution in [3.05, 3.63) is 23.8 Å². The molecule has 0 fully saturated rings. The molecule has 0 spiro atoms. The predicted molar refractivity (Wildman–Crippen MR) is 102 cm³/mol. The van der Waals surface area contributed by atoms with Gasteiger partial charge in [0.25, 0.3) is 0 Å². The molecular formula is C19H30N2O5. The number of ether oxygens (including phenoxy) is 2. The normalized spacial score (nSPS) is 11.7. The Morgan fingerprint density at radius 3 is 1.65 bits per heavy atom. The minimum absolute atomic E-state index is 0.0541. The third-order valence-electron chi connectivity index (χ3n) is 2.91. The average Bonchev–Trinajstić information content (AvgIpc) is 2.40. The average molecular weight is 366 g/mol. The van der Waals surface area contributed by atoms with Crippen molar-refractivity contribution in [3.8, 4) is 0 Å². The van der Waals surface area contributed by atoms with Crippen molar-refractivity contribution in [1.29, 1.82) is 0 Å². The van der Waals surface area contributed by atoms with E-state index in [2.05, 4.69) is 10.6 Å². The monoisotopic (exact) mass is 366 g/mol. The second kappa shape index (κ2) is 8.89. The van der Waals surface area contributed by atoms with Gasteiger partial charge in [0.05, 0.1) is 0 Å². The van der Waals surface area contributed by atoms with Gasteiger partial charge in [0.15, 0.2) is 0 Å². The van der Waals surface area contributed by atoms with Gasteiger partial charge in [-0.3, -0.25) is 10.6 Å². The molecule has 0 unspecified atom stereocenters. The summed E-state index contributed by atoms with van der Waals surface area (Å²) in [6.45, 7) is 10.7. The summed E-state index contributed by atoms with van der Waals surface area (Å²) in [6.07, 6.45) is 0.00511. The van der Waals surface area contributed by atoms with Crippen molar-refractivity contribution in [3.63, 3.8) is 0 Å². The zero-order valence-corrected chi connectivity index (χ0v) is 16.4. The summed E-state index contributed by atoms with van der Waals surface area (Å²) < 4.78 is 10.5. The molecule has 0 aliphatic heterocycles. The number of anilines is 2. The molecule has 0 saturated heterocycles. The number of amides is 2. The SMILES string of the molecule is CC(C)(C)OC(=O)Nc1cc(CCCO)cc(NC(=O)OC(C)(C)C)c1. The van der Waals surface area contributed by atoms with Crippen molar-refractivity contribution < 1.29 is 24.2 Å². The number of rotatable bonds is 5. The molecule has 7 nitrogen and oxygen atoms in total. The lowest BCUT2D eigenvalue weighted by Gasteiger charge is -2.21. The summed E-state index contributed by atoms with van der Waals surface area (Å²) in [5, 5.41) is 14.4. The summed E-state index contributed by atoms with van der Waals surface area (Å²) in [6, 6.07) is 5.18. The van der Waals surface area contributed by atoms with Gasteiger partial charge in [0.2, 0.25) is 0 Å². The molecule has 2 amide bonds. The van der Waals surface area contributed by atoms with E-state index in [1.807, 2.05) is 0 Å². The first-order valence-electron chi connectivity index (χ1n) is 8.63. The van der Waals surface area contributed by atoms with E-state index in [0.717, 1.165) is 5.56 Å². The highest BCUT2D eigenvalue weighted by atomic mass is 16.6. The zero-order chi connectivity index (χ0) is 20.0. The molecule has 26 heavy (non-hydrogen) atoms. The van der Waals surface area contributed by atoms with Crippen LogP contribution in [-0.4, -0.2) is 35.1 Å². The van der Waals surface area contributed by atoms with Gasteiger partial charge in [0.1, 0.15) is 11.2 Å². The lowest BCUT2D eigenvalue weighted by atomic mass is 10.1. The van der Waals surface area contributed by atoms with Crippen LogP contribution in [0.15, 0.2) is 18.2 Å². The molecule has 0 saturated carbocycles. The van der Waals surface area contributed by atoms with E-state index < -0.39 is 23.4 Å². The smallest absolute Gasteiger partial charge is 0.412 e. The predicted octanol–water partition coefficient (Wildman–Crippen LogP) is 4.31. The number of hydrogen-bond acceptors (Lipinski definition) is 5. The van der Waals surface area contributed by atoms with E-state index in [1.165, 1.54) is 0 Å². The summed E-state index contributed by atoms with van der Waals surface area (Å²) in [4.78, 5) is 24.0. The third-order valence-corrected chi connectivity index (χ3v) is 2.91. The fourth-order valence-electron chi connectivity index (χ4n) is 2.11. The lowest BCUT2D eigenvalue weighted by molar-refractivity contribution is 0.0625. The summed E-state index contributed by atoms with van der Waals surface area (Å²) in [7, 11) is 0. The maximum absolute atomic E-state index is 12.0. The maximum Gasteiger partial charge on any atom is 0.412 e. The van der Waals surface area contributed by atoms with E-state index in [1.54, 1.807) is 59.7 Å². The number of aliphatic hydroxyl groups is 1. The van der Waals surface area contributed by atoms with Gasteiger partial charge < -0.3 is 14.6 Å². The molecule has 0 radical (unpaired) electrons. The van der Waals surface area contributed by atoms with E-state index in [9.17, 15) is 9.59 Å². The van der Waals surface area contributed by atoms with Crippen molar-refractivity contribution >= 4 is 23.6 Å². The number of carbonyl (C=O) groups excluding carboxylic acids is 2. The molecule has 0 atom stereocenters. The molecule has 7 heteroatoms. The van der Waals surface area contributed by atoms with E-state index in [0.29, 0.717) is 24.2 Å². The molecule has 0 bridgehead atoms. The lowest BCUT2D eigenvalue weighted by Crippen LogP contribution is -2.28. The molecule has 1 rings (SSSR count). The van der Waals surface area contributed by atoms with E-state index in [4.69, 9.17) is 14.6 Å². The van der Waals surface area contributed by atoms with Gasteiger partial charge in [-0.05, 0) is 78.1 Å². The van der Waals surface area contributed by atoms with Crippen molar-refractivity contribution in [1.82, 2.24) is 0 Å². The van der Waals surface area contributed by atoms with Crippen LogP contribution in [0.2, 0.25) is 0 Å². The minimum Gasteiger partial charge on any atom is -0.444 e. The van der Waals surface area contributed by atoms with Crippen LogP contribution >= 0.6 is 0 Å². The van der Waals surface area contributed by atoms with Gasteiger partial charge in [0, 0.05) is 18.0 Å². The molecule has 0 aromatic heterocycles. The van der Waals surface area contributed by atoms with Crippen LogP contribution in [0.5, 0.6) is 0 Å². The van der Waals surface area contributed by atoms with Gasteiger partial charge in [-0.15, -0.1) is 0 Å². The molecule has 0 aliphatic rings. The van der Waals surface area contributed by atoms with Crippen LogP contribution in [0.3, 0.4) is 0 Å². The highest BCUT2D eigenvalue weighted by Crippen LogP contribution is 2.22. The Hall–Kier alpha value is -2.28. The second-order valence-corrected chi connectivity index (χ2v) is 8.00. The topological polar surface area (TPSA) is 96.9 Å². The van der Waals surface area contributed by atoms with Gasteiger partial charge in [-0.2, -0.15) is 0 Å². The van der Waals surface area contributed by atoms with Gasteiger partial charge in [-0.1, -0.05) is 0 Å². The quantitative estimate of drug-likeness (QED) is 0.722. The number of nitrogens with one attached hydrogen (secondary N) is 2. The van der Waals surface area contributed by atoms with E-state index >= 15 is 0 Å². The zero-order valence-electron chi connectivity index (χ0n) is 16.4. The number of hydrogen-bond donors (Lipinski definition) is 3. The van der Waals surface area contributed by atoms with Crippen LogP contribution in [-0.2, 0) is 15.9 Å². The van der Waals surface area contributed by atoms with Crippen LogP contribution in [0.1, 0.15) is 53.5 Å². The minimum atomic E-state index is -0.615. The molecule has 146 valence electrons. The summed E-state index contributed by atoms with van der Waals surface area (Å²) in [5.41, 5.74) is 0.604. The van der Waals surface area contributed by atoms with E-state index in [-0.39, 0.29) is 6.61 Å². The first kappa shape index (κ1) is 21.8. The first-order valence-corrected chi connectivity index (χ1v) is 8.63. The molecular weight excluding hydrogens is 336 g/mol. The first-order chi connectivity index (χ1) is 11.9. The molecule has 1 aromatic carbocycles. The Morgan fingerprint density at radius 2 is 1.31 bits per heavy atom. The fourth-order valence-corrected chi connectivity index (χ4v) is 2.11. The van der Waals surface area contributed by atoms with Gasteiger partial charge >= 0.3 is 12.2 Å². The van der Waals surface area contributed by atoms with Crippen LogP contribution in [0, 0.1) is 0 Å². The Bertz CT molecular complexity index is 582. The Balaban J connectivity index is 2.95. The Labute approximate surface area is 155 Å². The number of aliphatic hydroxyl groups excluding tert-OH is 1. The largest absolute Gasteiger partial charge is 0.444 e. The maximum atomic E-state index is 12.0. The van der Waals surface area contributed by atoms with Crippen LogP contribution < -0.4 is 10.6 Å². The second-order valence-electron chi connectivity index (χ2n) is 8.00. The van der Waals surface area contributed by atoms with Crippen molar-refractivity contribution in [2.75, 3.05) is 17.2 Å². The van der Waals surface area contributed by atoms with Crippen molar-refractivity contribution in [2.45, 2.75) is 65.6 Å². The molecule has 3 N–H and O–H groups in total. The molecule has 1 aromatic rings. The van der Waals surface area contributed by atoms with Gasteiger partial charge in [-0.25, -0.2) is 9.59 Å². The Kier molecular flexibility index (Phi) is 7.44. The summed E-state index contributed by atoms with van der Waals surface area (Å²) in [5.74, 6) is 0. The third kappa shape index (κ3) is 9.27. The Morgan fingerprint density at radius 1 is 0.885 bits per heavy atom. The van der Waals surface area contributed by atoms with Crippen LogP contribution in [0.25, 0.3) is 0 Å². The fraction of sp³-hybridized carbons (Fsp3) is 0.579. The summed E-state index contributed by atoms with van der Waals surface area (Å²) >= 11 is 0. The molecule has 0 heterocycles. The highest BCUT2D eigenvalue weighted by molar-refractivity contribution is 5.89. The number of carbonyl (C=O) groups is 2.